The summed E-state index contributed by atoms with van der Waals surface area (Å²) in [7, 11) is 0. The third-order valence-electron chi connectivity index (χ3n) is 5.46. The molecule has 6 nitrogen and oxygen atoms in total. The second-order valence-electron chi connectivity index (χ2n) is 8.97. The highest BCUT2D eigenvalue weighted by molar-refractivity contribution is 6.09. The first-order chi connectivity index (χ1) is 17.3. The van der Waals surface area contributed by atoms with Gasteiger partial charge in [0, 0.05) is 11.1 Å². The molecule has 4 aromatic rings. The van der Waals surface area contributed by atoms with Gasteiger partial charge in [-0.25, -0.2) is 9.59 Å². The Morgan fingerprint density at radius 2 is 0.972 bits per heavy atom. The van der Waals surface area contributed by atoms with Crippen LogP contribution in [0.15, 0.2) is 72.8 Å². The van der Waals surface area contributed by atoms with E-state index in [0.29, 0.717) is 11.5 Å². The number of hydrogen-bond donors (Lipinski definition) is 0. The third kappa shape index (κ3) is 5.77. The van der Waals surface area contributed by atoms with Gasteiger partial charge in [-0.2, -0.15) is 0 Å². The normalized spacial score (nSPS) is 11.2. The van der Waals surface area contributed by atoms with Gasteiger partial charge in [0.05, 0.1) is 12.2 Å². The maximum absolute atomic E-state index is 12.3. The molecule has 0 aromatic heterocycles. The summed E-state index contributed by atoms with van der Waals surface area (Å²) in [5.74, 6) is 0.130. The minimum absolute atomic E-state index is 0.231. The van der Waals surface area contributed by atoms with Gasteiger partial charge in [0.2, 0.25) is 0 Å². The third-order valence-corrected chi connectivity index (χ3v) is 5.46. The van der Waals surface area contributed by atoms with E-state index >= 15 is 0 Å². The van der Waals surface area contributed by atoms with Crippen LogP contribution in [0.1, 0.15) is 27.7 Å². The zero-order valence-corrected chi connectivity index (χ0v) is 20.9. The van der Waals surface area contributed by atoms with Crippen molar-refractivity contribution in [3.05, 3.63) is 72.8 Å². The molecule has 0 saturated carbocycles. The summed E-state index contributed by atoms with van der Waals surface area (Å²) in [6, 6.07) is 23.5. The number of fused-ring (bicyclic) bond motifs is 2. The summed E-state index contributed by atoms with van der Waals surface area (Å²) in [5, 5.41) is 3.86. The molecule has 0 aliphatic heterocycles. The van der Waals surface area contributed by atoms with E-state index in [1.54, 1.807) is 27.7 Å². The van der Waals surface area contributed by atoms with Gasteiger partial charge < -0.3 is 18.9 Å². The summed E-state index contributed by atoms with van der Waals surface area (Å²) < 4.78 is 22.6. The molecule has 186 valence electrons. The van der Waals surface area contributed by atoms with Gasteiger partial charge in [0.1, 0.15) is 11.5 Å². The molecular formula is C30H30O6. The van der Waals surface area contributed by atoms with E-state index in [1.165, 1.54) is 0 Å². The Bertz CT molecular complexity index is 1280. The Balaban J connectivity index is 1.86. The lowest BCUT2D eigenvalue weighted by Crippen LogP contribution is -2.19. The number of carbonyl (C=O) groups is 2. The molecule has 4 rings (SSSR count). The molecule has 0 N–H and O–H groups in total. The zero-order chi connectivity index (χ0) is 25.7. The number of hydrogen-bond acceptors (Lipinski definition) is 6. The van der Waals surface area contributed by atoms with Gasteiger partial charge in [-0.15, -0.1) is 0 Å². The molecule has 0 radical (unpaired) electrons. The van der Waals surface area contributed by atoms with Gasteiger partial charge in [-0.3, -0.25) is 0 Å². The molecule has 6 heteroatoms. The highest BCUT2D eigenvalue weighted by Crippen LogP contribution is 2.45. The first kappa shape index (κ1) is 25.0. The minimum atomic E-state index is -0.449. The van der Waals surface area contributed by atoms with E-state index in [-0.39, 0.29) is 25.4 Å². The smallest absolute Gasteiger partial charge is 0.344 e. The standard InChI is InChI=1S/C30H30O6/c1-19(2)35-27(31)17-33-25-15-13-21-9-5-7-11-23(21)29(25)30-24-12-8-6-10-22(24)14-16-26(30)34-18-28(32)36-20(3)4/h5-16,19-20H,17-18H2,1-4H3. The summed E-state index contributed by atoms with van der Waals surface area (Å²) in [6.07, 6.45) is -0.471. The van der Waals surface area contributed by atoms with Crippen LogP contribution in [-0.4, -0.2) is 37.4 Å². The first-order valence-corrected chi connectivity index (χ1v) is 12.0. The van der Waals surface area contributed by atoms with E-state index in [1.807, 2.05) is 72.8 Å². The van der Waals surface area contributed by atoms with Crippen LogP contribution in [0.4, 0.5) is 0 Å². The monoisotopic (exact) mass is 486 g/mol. The molecule has 0 aliphatic carbocycles. The van der Waals surface area contributed by atoms with E-state index in [4.69, 9.17) is 18.9 Å². The molecule has 0 atom stereocenters. The van der Waals surface area contributed by atoms with Gasteiger partial charge >= 0.3 is 11.9 Å². The molecule has 0 amide bonds. The molecule has 36 heavy (non-hydrogen) atoms. The largest absolute Gasteiger partial charge is 0.481 e. The van der Waals surface area contributed by atoms with Crippen molar-refractivity contribution in [2.45, 2.75) is 39.9 Å². The highest BCUT2D eigenvalue weighted by Gasteiger charge is 2.21. The van der Waals surface area contributed by atoms with Crippen LogP contribution in [0, 0.1) is 0 Å². The van der Waals surface area contributed by atoms with E-state index in [9.17, 15) is 9.59 Å². The van der Waals surface area contributed by atoms with Crippen LogP contribution in [0.2, 0.25) is 0 Å². The quantitative estimate of drug-likeness (QED) is 0.258. The first-order valence-electron chi connectivity index (χ1n) is 12.0. The summed E-state index contributed by atoms with van der Waals surface area (Å²) >= 11 is 0. The second kappa shape index (κ2) is 11.1. The molecule has 4 aromatic carbocycles. The van der Waals surface area contributed by atoms with Crippen molar-refractivity contribution < 1.29 is 28.5 Å². The van der Waals surface area contributed by atoms with Crippen LogP contribution < -0.4 is 9.47 Å². The predicted molar refractivity (Wildman–Crippen MR) is 140 cm³/mol. The van der Waals surface area contributed by atoms with Gasteiger partial charge in [-0.1, -0.05) is 60.7 Å². The fourth-order valence-corrected chi connectivity index (χ4v) is 4.13. The fraction of sp³-hybridized carbons (Fsp3) is 0.267. The van der Waals surface area contributed by atoms with Crippen LogP contribution in [0.25, 0.3) is 32.7 Å². The summed E-state index contributed by atoms with van der Waals surface area (Å²) in [6.45, 7) is 6.72. The molecule has 0 bridgehead atoms. The SMILES string of the molecule is CC(C)OC(=O)COc1ccc2ccccc2c1-c1c(OCC(=O)OC(C)C)ccc2ccccc12. The fourth-order valence-electron chi connectivity index (χ4n) is 4.13. The number of rotatable bonds is 9. The topological polar surface area (TPSA) is 71.1 Å². The Morgan fingerprint density at radius 3 is 1.36 bits per heavy atom. The number of esters is 2. The molecule has 0 heterocycles. The summed E-state index contributed by atoms with van der Waals surface area (Å²) in [4.78, 5) is 24.5. The van der Waals surface area contributed by atoms with Gasteiger partial charge in [0.25, 0.3) is 0 Å². The van der Waals surface area contributed by atoms with Crippen molar-refractivity contribution in [3.63, 3.8) is 0 Å². The van der Waals surface area contributed by atoms with E-state index in [0.717, 1.165) is 32.7 Å². The zero-order valence-electron chi connectivity index (χ0n) is 20.9. The molecular weight excluding hydrogens is 456 g/mol. The van der Waals surface area contributed by atoms with Gasteiger partial charge in [-0.05, 0) is 61.4 Å². The van der Waals surface area contributed by atoms with E-state index < -0.39 is 11.9 Å². The van der Waals surface area contributed by atoms with Crippen LogP contribution >= 0.6 is 0 Å². The van der Waals surface area contributed by atoms with E-state index in [2.05, 4.69) is 0 Å². The number of carbonyl (C=O) groups excluding carboxylic acids is 2. The second-order valence-corrected chi connectivity index (χ2v) is 8.97. The Kier molecular flexibility index (Phi) is 7.74. The lowest BCUT2D eigenvalue weighted by molar-refractivity contribution is -0.150. The molecule has 0 unspecified atom stereocenters. The average Bonchev–Trinajstić information content (AvgIpc) is 2.85. The van der Waals surface area contributed by atoms with Crippen molar-refractivity contribution in [1.82, 2.24) is 0 Å². The maximum Gasteiger partial charge on any atom is 0.344 e. The van der Waals surface area contributed by atoms with Crippen molar-refractivity contribution in [3.8, 4) is 22.6 Å². The lowest BCUT2D eigenvalue weighted by atomic mass is 9.92. The molecule has 0 saturated heterocycles. The molecule has 0 aliphatic rings. The number of ether oxygens (including phenoxy) is 4. The summed E-state index contributed by atoms with van der Waals surface area (Å²) in [5.41, 5.74) is 1.55. The lowest BCUT2D eigenvalue weighted by Gasteiger charge is -2.19. The Hall–Kier alpha value is -4.06. The van der Waals surface area contributed by atoms with Crippen molar-refractivity contribution in [2.75, 3.05) is 13.2 Å². The van der Waals surface area contributed by atoms with Crippen molar-refractivity contribution in [2.24, 2.45) is 0 Å². The van der Waals surface area contributed by atoms with Gasteiger partial charge in [0.15, 0.2) is 13.2 Å². The Morgan fingerprint density at radius 1 is 0.583 bits per heavy atom. The van der Waals surface area contributed by atoms with Crippen molar-refractivity contribution >= 4 is 33.5 Å². The minimum Gasteiger partial charge on any atom is -0.481 e. The average molecular weight is 487 g/mol. The van der Waals surface area contributed by atoms with Crippen LogP contribution in [0.5, 0.6) is 11.5 Å². The molecule has 0 fully saturated rings. The van der Waals surface area contributed by atoms with Crippen molar-refractivity contribution in [1.29, 1.82) is 0 Å². The highest BCUT2D eigenvalue weighted by atomic mass is 16.6. The predicted octanol–water partition coefficient (Wildman–Crippen LogP) is 6.32. The number of benzene rings is 4. The van der Waals surface area contributed by atoms with Crippen LogP contribution in [0.3, 0.4) is 0 Å². The Labute approximate surface area is 210 Å². The molecule has 0 spiro atoms. The van der Waals surface area contributed by atoms with Crippen LogP contribution in [-0.2, 0) is 19.1 Å². The maximum atomic E-state index is 12.3.